The SMILES string of the molecule is Cc1nn(-c2ccc(C#N)c(C(F)(F)F)c2)c(C)c1Cc1ccc(C(N)=O)cc1. The average molecular weight is 398 g/mol. The summed E-state index contributed by atoms with van der Waals surface area (Å²) in [6.07, 6.45) is -4.14. The van der Waals surface area contributed by atoms with E-state index in [0.717, 1.165) is 23.3 Å². The lowest BCUT2D eigenvalue weighted by atomic mass is 10.0. The van der Waals surface area contributed by atoms with E-state index in [9.17, 15) is 18.0 Å². The van der Waals surface area contributed by atoms with Crippen LogP contribution >= 0.6 is 0 Å². The number of nitrogens with zero attached hydrogens (tertiary/aromatic N) is 3. The standard InChI is InChI=1S/C21H17F3N4O/c1-12-18(9-14-3-5-15(6-4-14)20(26)29)13(2)28(27-12)17-8-7-16(11-25)19(10-17)21(22,23)24/h3-8,10H,9H2,1-2H3,(H2,26,29). The number of nitrogens with two attached hydrogens (primary N) is 1. The van der Waals surface area contributed by atoms with E-state index in [-0.39, 0.29) is 5.69 Å². The van der Waals surface area contributed by atoms with E-state index in [4.69, 9.17) is 11.0 Å². The van der Waals surface area contributed by atoms with E-state index < -0.39 is 23.2 Å². The minimum absolute atomic E-state index is 0.229. The molecule has 0 bridgehead atoms. The van der Waals surface area contributed by atoms with Gasteiger partial charge in [-0.05, 0) is 49.7 Å². The van der Waals surface area contributed by atoms with Crippen LogP contribution in [0.15, 0.2) is 42.5 Å². The summed E-state index contributed by atoms with van der Waals surface area (Å²) in [5, 5.41) is 13.4. The molecule has 3 rings (SSSR count). The molecule has 2 aromatic carbocycles. The molecular formula is C21H17F3N4O. The van der Waals surface area contributed by atoms with Crippen molar-refractivity contribution in [1.29, 1.82) is 5.26 Å². The summed E-state index contributed by atoms with van der Waals surface area (Å²) in [6, 6.07) is 11.9. The molecule has 148 valence electrons. The van der Waals surface area contributed by atoms with Crippen LogP contribution in [0.3, 0.4) is 0 Å². The fourth-order valence-corrected chi connectivity index (χ4v) is 3.17. The van der Waals surface area contributed by atoms with Crippen LogP contribution < -0.4 is 5.73 Å². The van der Waals surface area contributed by atoms with Gasteiger partial charge in [0.05, 0.1) is 28.6 Å². The zero-order chi connectivity index (χ0) is 21.3. The molecule has 0 aliphatic carbocycles. The van der Waals surface area contributed by atoms with Crippen LogP contribution in [-0.4, -0.2) is 15.7 Å². The Bertz CT molecular complexity index is 1120. The van der Waals surface area contributed by atoms with Crippen molar-refractivity contribution < 1.29 is 18.0 Å². The van der Waals surface area contributed by atoms with Crippen molar-refractivity contribution in [3.05, 3.63) is 81.7 Å². The Balaban J connectivity index is 2.00. The van der Waals surface area contributed by atoms with Crippen LogP contribution in [0.1, 0.15) is 44.0 Å². The Hall–Kier alpha value is -3.60. The smallest absolute Gasteiger partial charge is 0.366 e. The lowest BCUT2D eigenvalue weighted by Gasteiger charge is -2.12. The van der Waals surface area contributed by atoms with E-state index in [1.165, 1.54) is 10.7 Å². The second-order valence-electron chi connectivity index (χ2n) is 6.64. The van der Waals surface area contributed by atoms with Gasteiger partial charge in [-0.15, -0.1) is 0 Å². The fraction of sp³-hybridized carbons (Fsp3) is 0.190. The van der Waals surface area contributed by atoms with Crippen LogP contribution in [-0.2, 0) is 12.6 Å². The Morgan fingerprint density at radius 3 is 2.38 bits per heavy atom. The lowest BCUT2D eigenvalue weighted by molar-refractivity contribution is -0.137. The Morgan fingerprint density at radius 2 is 1.83 bits per heavy atom. The summed E-state index contributed by atoms with van der Waals surface area (Å²) in [6.45, 7) is 3.56. The summed E-state index contributed by atoms with van der Waals surface area (Å²) < 4.78 is 41.3. The van der Waals surface area contributed by atoms with E-state index >= 15 is 0 Å². The van der Waals surface area contributed by atoms with Gasteiger partial charge in [0.25, 0.3) is 0 Å². The van der Waals surface area contributed by atoms with Gasteiger partial charge >= 0.3 is 6.18 Å². The minimum atomic E-state index is -4.64. The largest absolute Gasteiger partial charge is 0.417 e. The Kier molecular flexibility index (Phi) is 5.16. The molecule has 0 radical (unpaired) electrons. The van der Waals surface area contributed by atoms with Crippen LogP contribution in [0, 0.1) is 25.2 Å². The highest BCUT2D eigenvalue weighted by molar-refractivity contribution is 5.92. The first-order valence-electron chi connectivity index (χ1n) is 8.67. The molecule has 0 unspecified atom stereocenters. The van der Waals surface area contributed by atoms with Crippen molar-refractivity contribution in [3.63, 3.8) is 0 Å². The van der Waals surface area contributed by atoms with Gasteiger partial charge in [-0.1, -0.05) is 12.1 Å². The number of hydrogen-bond acceptors (Lipinski definition) is 3. The molecule has 1 heterocycles. The van der Waals surface area contributed by atoms with Crippen LogP contribution in [0.25, 0.3) is 5.69 Å². The van der Waals surface area contributed by atoms with Crippen LogP contribution in [0.5, 0.6) is 0 Å². The molecule has 0 fully saturated rings. The van der Waals surface area contributed by atoms with Gasteiger partial charge in [0.1, 0.15) is 0 Å². The quantitative estimate of drug-likeness (QED) is 0.719. The third-order valence-corrected chi connectivity index (χ3v) is 4.73. The first-order chi connectivity index (χ1) is 13.6. The maximum Gasteiger partial charge on any atom is 0.417 e. The van der Waals surface area contributed by atoms with Crippen molar-refractivity contribution in [2.24, 2.45) is 5.73 Å². The molecule has 1 amide bonds. The summed E-state index contributed by atoms with van der Waals surface area (Å²) in [5.41, 5.74) is 7.60. The van der Waals surface area contributed by atoms with Gasteiger partial charge in [0.15, 0.2) is 0 Å². The molecular weight excluding hydrogens is 381 g/mol. The van der Waals surface area contributed by atoms with Crippen LogP contribution in [0.2, 0.25) is 0 Å². The summed E-state index contributed by atoms with van der Waals surface area (Å²) in [7, 11) is 0. The number of carbonyl (C=O) groups excluding carboxylic acids is 1. The number of nitriles is 1. The maximum atomic E-state index is 13.3. The van der Waals surface area contributed by atoms with Crippen molar-refractivity contribution in [3.8, 4) is 11.8 Å². The Morgan fingerprint density at radius 1 is 1.17 bits per heavy atom. The number of rotatable bonds is 4. The Labute approximate surface area is 165 Å². The normalized spacial score (nSPS) is 11.3. The highest BCUT2D eigenvalue weighted by Gasteiger charge is 2.34. The lowest BCUT2D eigenvalue weighted by Crippen LogP contribution is -2.10. The molecule has 8 heteroatoms. The minimum Gasteiger partial charge on any atom is -0.366 e. The summed E-state index contributed by atoms with van der Waals surface area (Å²) in [4.78, 5) is 11.2. The summed E-state index contributed by atoms with van der Waals surface area (Å²) >= 11 is 0. The van der Waals surface area contributed by atoms with Gasteiger partial charge in [-0.3, -0.25) is 4.79 Å². The number of aryl methyl sites for hydroxylation is 1. The third kappa shape index (κ3) is 3.99. The molecule has 0 aliphatic rings. The third-order valence-electron chi connectivity index (χ3n) is 4.73. The average Bonchev–Trinajstić information content (AvgIpc) is 2.95. The van der Waals surface area contributed by atoms with E-state index in [0.29, 0.717) is 23.4 Å². The molecule has 3 aromatic rings. The topological polar surface area (TPSA) is 84.7 Å². The molecule has 0 saturated heterocycles. The van der Waals surface area contributed by atoms with Crippen LogP contribution in [0.4, 0.5) is 13.2 Å². The fourth-order valence-electron chi connectivity index (χ4n) is 3.17. The molecule has 1 aromatic heterocycles. The van der Waals surface area contributed by atoms with Crippen molar-refractivity contribution in [1.82, 2.24) is 9.78 Å². The predicted molar refractivity (Wildman–Crippen MR) is 101 cm³/mol. The number of hydrogen-bond donors (Lipinski definition) is 1. The number of primary amides is 1. The highest BCUT2D eigenvalue weighted by atomic mass is 19.4. The molecule has 5 nitrogen and oxygen atoms in total. The predicted octanol–water partition coefficient (Wildman–Crippen LogP) is 4.07. The molecule has 0 atom stereocenters. The van der Waals surface area contributed by atoms with Gasteiger partial charge in [0.2, 0.25) is 5.91 Å². The molecule has 0 spiro atoms. The van der Waals surface area contributed by atoms with Crippen molar-refractivity contribution >= 4 is 5.91 Å². The number of benzene rings is 2. The van der Waals surface area contributed by atoms with Gasteiger partial charge in [-0.2, -0.15) is 23.5 Å². The monoisotopic (exact) mass is 398 g/mol. The highest BCUT2D eigenvalue weighted by Crippen LogP contribution is 2.33. The maximum absolute atomic E-state index is 13.3. The second kappa shape index (κ2) is 7.43. The zero-order valence-electron chi connectivity index (χ0n) is 15.7. The first kappa shape index (κ1) is 20.1. The second-order valence-corrected chi connectivity index (χ2v) is 6.64. The van der Waals surface area contributed by atoms with Gasteiger partial charge in [-0.25, -0.2) is 4.68 Å². The van der Waals surface area contributed by atoms with Gasteiger partial charge < -0.3 is 5.73 Å². The molecule has 0 saturated carbocycles. The molecule has 0 aliphatic heterocycles. The van der Waals surface area contributed by atoms with Crippen molar-refractivity contribution in [2.45, 2.75) is 26.4 Å². The number of aromatic nitrogens is 2. The zero-order valence-corrected chi connectivity index (χ0v) is 15.7. The van der Waals surface area contributed by atoms with E-state index in [1.807, 2.05) is 0 Å². The van der Waals surface area contributed by atoms with Crippen molar-refractivity contribution in [2.75, 3.05) is 0 Å². The van der Waals surface area contributed by atoms with E-state index in [1.54, 1.807) is 44.2 Å². The molecule has 2 N–H and O–H groups in total. The van der Waals surface area contributed by atoms with Gasteiger partial charge in [0, 0.05) is 23.2 Å². The number of carbonyl (C=O) groups is 1. The number of alkyl halides is 3. The number of amides is 1. The number of halogens is 3. The molecule has 29 heavy (non-hydrogen) atoms. The first-order valence-corrected chi connectivity index (χ1v) is 8.67. The summed E-state index contributed by atoms with van der Waals surface area (Å²) in [5.74, 6) is -0.516. The van der Waals surface area contributed by atoms with E-state index in [2.05, 4.69) is 5.10 Å².